The van der Waals surface area contributed by atoms with Gasteiger partial charge < -0.3 is 14.7 Å². The van der Waals surface area contributed by atoms with Gasteiger partial charge in [-0.1, -0.05) is 61.2 Å². The minimum Gasteiger partial charge on any atom is -0.487 e. The topological polar surface area (TPSA) is 87.2 Å². The molecule has 3 atom stereocenters. The molecule has 1 heterocycles. The lowest BCUT2D eigenvalue weighted by Crippen LogP contribution is -2.50. The predicted octanol–water partition coefficient (Wildman–Crippen LogP) is 3.70. The number of aliphatic hydroxyl groups excluding tert-OH is 1. The van der Waals surface area contributed by atoms with E-state index in [9.17, 15) is 22.7 Å². The summed E-state index contributed by atoms with van der Waals surface area (Å²) in [6, 6.07) is 19.4. The Kier molecular flexibility index (Phi) is 9.25. The smallest absolute Gasteiger partial charge is 0.247 e. The van der Waals surface area contributed by atoms with E-state index in [4.69, 9.17) is 4.74 Å². The lowest BCUT2D eigenvalue weighted by atomic mass is 10.0. The standard InChI is InChI=1S/C31H33FN2O5S/c1-22-19-34(23(2)21-35)40(37,38)30-16-14-25(13-15-26-11-7-8-12-27(26)32)17-28(30)39-29(22)20-33(3)31(36)18-24-9-5-4-6-10-24/h4-12,14,16-17,22-23,29,35H,18-21H2,1-3H3/t22-,23+,29+/m0/s1. The van der Waals surface area contributed by atoms with Gasteiger partial charge in [0.15, 0.2) is 0 Å². The van der Waals surface area contributed by atoms with Crippen molar-refractivity contribution in [1.29, 1.82) is 0 Å². The molecule has 1 aliphatic rings. The third kappa shape index (κ3) is 6.70. The van der Waals surface area contributed by atoms with E-state index in [1.54, 1.807) is 43.1 Å². The lowest BCUT2D eigenvalue weighted by Gasteiger charge is -2.37. The maximum atomic E-state index is 14.1. The molecular formula is C31H33FN2O5S. The molecule has 0 aromatic heterocycles. The van der Waals surface area contributed by atoms with Crippen LogP contribution in [0.25, 0.3) is 0 Å². The van der Waals surface area contributed by atoms with Crippen LogP contribution in [0.2, 0.25) is 0 Å². The summed E-state index contributed by atoms with van der Waals surface area (Å²) in [7, 11) is -2.33. The number of likely N-dealkylation sites (N-methyl/N-ethyl adjacent to an activating group) is 1. The molecule has 0 unspecified atom stereocenters. The Morgan fingerprint density at radius 2 is 1.82 bits per heavy atom. The molecule has 1 N–H and O–H groups in total. The van der Waals surface area contributed by atoms with Crippen LogP contribution in [-0.4, -0.2) is 67.5 Å². The van der Waals surface area contributed by atoms with Gasteiger partial charge in [0.25, 0.3) is 0 Å². The number of sulfonamides is 1. The highest BCUT2D eigenvalue weighted by atomic mass is 32.2. The van der Waals surface area contributed by atoms with Crippen LogP contribution in [0.1, 0.15) is 30.5 Å². The van der Waals surface area contributed by atoms with E-state index in [2.05, 4.69) is 11.8 Å². The third-order valence-electron chi connectivity index (χ3n) is 6.96. The molecule has 4 rings (SSSR count). The van der Waals surface area contributed by atoms with Crippen LogP contribution >= 0.6 is 0 Å². The summed E-state index contributed by atoms with van der Waals surface area (Å²) in [4.78, 5) is 14.5. The van der Waals surface area contributed by atoms with E-state index in [1.807, 2.05) is 37.3 Å². The number of ether oxygens (including phenoxy) is 1. The fraction of sp³-hybridized carbons (Fsp3) is 0.323. The van der Waals surface area contributed by atoms with Crippen LogP contribution in [0, 0.1) is 23.6 Å². The average Bonchev–Trinajstić information content (AvgIpc) is 2.94. The van der Waals surface area contributed by atoms with Crippen LogP contribution in [-0.2, 0) is 21.2 Å². The zero-order valence-electron chi connectivity index (χ0n) is 22.7. The number of hydrogen-bond acceptors (Lipinski definition) is 5. The summed E-state index contributed by atoms with van der Waals surface area (Å²) in [6.07, 6.45) is -0.325. The van der Waals surface area contributed by atoms with Crippen molar-refractivity contribution >= 4 is 15.9 Å². The second kappa shape index (κ2) is 12.6. The number of aliphatic hydroxyl groups is 1. The van der Waals surface area contributed by atoms with Gasteiger partial charge in [0, 0.05) is 31.1 Å². The minimum absolute atomic E-state index is 0.0561. The fourth-order valence-electron chi connectivity index (χ4n) is 4.50. The first-order chi connectivity index (χ1) is 19.1. The van der Waals surface area contributed by atoms with Gasteiger partial charge in [-0.3, -0.25) is 4.79 Å². The van der Waals surface area contributed by atoms with Gasteiger partial charge >= 0.3 is 0 Å². The molecule has 3 aromatic rings. The molecule has 0 saturated carbocycles. The molecule has 0 spiro atoms. The van der Waals surface area contributed by atoms with Gasteiger partial charge in [0.05, 0.1) is 25.1 Å². The van der Waals surface area contributed by atoms with Crippen molar-refractivity contribution in [3.8, 4) is 17.6 Å². The molecule has 210 valence electrons. The number of hydrogen-bond donors (Lipinski definition) is 1. The Morgan fingerprint density at radius 3 is 2.52 bits per heavy atom. The number of nitrogens with zero attached hydrogens (tertiary/aromatic N) is 2. The van der Waals surface area contributed by atoms with Crippen LogP contribution < -0.4 is 4.74 Å². The first kappa shape index (κ1) is 29.3. The number of fused-ring (bicyclic) bond motifs is 1. The van der Waals surface area contributed by atoms with Crippen molar-refractivity contribution in [3.63, 3.8) is 0 Å². The Bertz CT molecular complexity index is 1520. The molecule has 7 nitrogen and oxygen atoms in total. The molecule has 0 bridgehead atoms. The molecule has 40 heavy (non-hydrogen) atoms. The average molecular weight is 565 g/mol. The second-order valence-electron chi connectivity index (χ2n) is 10.1. The molecule has 0 saturated heterocycles. The van der Waals surface area contributed by atoms with Gasteiger partial charge in [0.2, 0.25) is 15.9 Å². The number of rotatable bonds is 6. The lowest BCUT2D eigenvalue weighted by molar-refractivity contribution is -0.130. The summed E-state index contributed by atoms with van der Waals surface area (Å²) in [5.74, 6) is 4.90. The van der Waals surface area contributed by atoms with Crippen LogP contribution in [0.5, 0.6) is 5.75 Å². The largest absolute Gasteiger partial charge is 0.487 e. The Hall–Kier alpha value is -3.71. The number of benzene rings is 3. The number of amides is 1. The first-order valence-corrected chi connectivity index (χ1v) is 14.5. The van der Waals surface area contributed by atoms with Crippen molar-refractivity contribution in [2.75, 3.05) is 26.7 Å². The molecule has 0 aliphatic carbocycles. The highest BCUT2D eigenvalue weighted by Crippen LogP contribution is 2.34. The van der Waals surface area contributed by atoms with Crippen molar-refractivity contribution in [2.24, 2.45) is 5.92 Å². The van der Waals surface area contributed by atoms with Crippen molar-refractivity contribution < 1.29 is 27.4 Å². The molecule has 9 heteroatoms. The summed E-state index contributed by atoms with van der Waals surface area (Å²) in [6.45, 7) is 3.47. The van der Waals surface area contributed by atoms with Crippen molar-refractivity contribution in [2.45, 2.75) is 37.3 Å². The number of halogens is 1. The van der Waals surface area contributed by atoms with E-state index in [0.717, 1.165) is 5.56 Å². The normalized spacial score (nSPS) is 19.1. The van der Waals surface area contributed by atoms with Crippen LogP contribution in [0.15, 0.2) is 77.7 Å². The molecule has 0 radical (unpaired) electrons. The van der Waals surface area contributed by atoms with Crippen LogP contribution in [0.3, 0.4) is 0 Å². The molecule has 0 fully saturated rings. The fourth-order valence-corrected chi connectivity index (χ4v) is 6.33. The highest BCUT2D eigenvalue weighted by Gasteiger charge is 2.38. The minimum atomic E-state index is -4.03. The summed E-state index contributed by atoms with van der Waals surface area (Å²) >= 11 is 0. The van der Waals surface area contributed by atoms with Gasteiger partial charge in [-0.25, -0.2) is 12.8 Å². The highest BCUT2D eigenvalue weighted by molar-refractivity contribution is 7.89. The van der Waals surface area contributed by atoms with Gasteiger partial charge in [-0.05, 0) is 42.8 Å². The SMILES string of the molecule is C[C@H](CO)N1C[C@H](C)[C@@H](CN(C)C(=O)Cc2ccccc2)Oc2cc(C#Cc3ccccc3F)ccc2S1(=O)=O. The van der Waals surface area contributed by atoms with E-state index in [1.165, 1.54) is 22.5 Å². The first-order valence-electron chi connectivity index (χ1n) is 13.1. The number of carbonyl (C=O) groups is 1. The van der Waals surface area contributed by atoms with Crippen molar-refractivity contribution in [3.05, 3.63) is 95.3 Å². The quantitative estimate of drug-likeness (QED) is 0.462. The molecule has 3 aromatic carbocycles. The second-order valence-corrected chi connectivity index (χ2v) is 11.9. The summed E-state index contributed by atoms with van der Waals surface area (Å²) in [5, 5.41) is 9.85. The van der Waals surface area contributed by atoms with E-state index in [0.29, 0.717) is 5.56 Å². The number of carbonyl (C=O) groups excluding carboxylic acids is 1. The molecule has 1 aliphatic heterocycles. The van der Waals surface area contributed by atoms with Gasteiger partial charge in [0.1, 0.15) is 22.6 Å². The Morgan fingerprint density at radius 1 is 1.12 bits per heavy atom. The zero-order valence-corrected chi connectivity index (χ0v) is 23.6. The molecule has 1 amide bonds. The Labute approximate surface area is 235 Å². The summed E-state index contributed by atoms with van der Waals surface area (Å²) in [5.41, 5.74) is 1.55. The maximum Gasteiger partial charge on any atom is 0.247 e. The van der Waals surface area contributed by atoms with Crippen LogP contribution in [0.4, 0.5) is 4.39 Å². The monoisotopic (exact) mass is 564 g/mol. The van der Waals surface area contributed by atoms with Gasteiger partial charge in [-0.15, -0.1) is 0 Å². The maximum absolute atomic E-state index is 14.1. The van der Waals surface area contributed by atoms with E-state index in [-0.39, 0.29) is 54.2 Å². The summed E-state index contributed by atoms with van der Waals surface area (Å²) < 4.78 is 49.0. The Balaban J connectivity index is 1.68. The molecular weight excluding hydrogens is 531 g/mol. The van der Waals surface area contributed by atoms with E-state index >= 15 is 0 Å². The predicted molar refractivity (Wildman–Crippen MR) is 151 cm³/mol. The van der Waals surface area contributed by atoms with Crippen molar-refractivity contribution in [1.82, 2.24) is 9.21 Å². The third-order valence-corrected chi connectivity index (χ3v) is 8.98. The van der Waals surface area contributed by atoms with E-state index < -0.39 is 28.0 Å². The van der Waals surface area contributed by atoms with Gasteiger partial charge in [-0.2, -0.15) is 4.31 Å². The zero-order chi connectivity index (χ0) is 28.9.